The van der Waals surface area contributed by atoms with Gasteiger partial charge in [0.25, 0.3) is 5.91 Å². The van der Waals surface area contributed by atoms with E-state index in [0.29, 0.717) is 12.2 Å². The maximum atomic E-state index is 12.3. The summed E-state index contributed by atoms with van der Waals surface area (Å²) in [5.41, 5.74) is 1.04. The van der Waals surface area contributed by atoms with Gasteiger partial charge in [-0.3, -0.25) is 9.59 Å². The highest BCUT2D eigenvalue weighted by atomic mass is 32.1. The summed E-state index contributed by atoms with van der Waals surface area (Å²) in [5.74, 6) is -0.443. The lowest BCUT2D eigenvalue weighted by Gasteiger charge is -2.11. The van der Waals surface area contributed by atoms with E-state index in [2.05, 4.69) is 10.4 Å². The summed E-state index contributed by atoms with van der Waals surface area (Å²) in [4.78, 5) is 25.6. The van der Waals surface area contributed by atoms with Crippen LogP contribution in [-0.4, -0.2) is 22.2 Å². The molecule has 6 heteroatoms. The molecule has 0 aliphatic rings. The van der Waals surface area contributed by atoms with Crippen LogP contribution in [0.3, 0.4) is 0 Å². The van der Waals surface area contributed by atoms with Gasteiger partial charge < -0.3 is 5.32 Å². The molecule has 1 amide bonds. The van der Waals surface area contributed by atoms with Crippen molar-refractivity contribution in [2.75, 3.05) is 6.54 Å². The van der Waals surface area contributed by atoms with Crippen LogP contribution in [-0.2, 0) is 6.42 Å². The summed E-state index contributed by atoms with van der Waals surface area (Å²) in [5, 5.41) is 9.02. The van der Waals surface area contributed by atoms with Crippen molar-refractivity contribution >= 4 is 17.2 Å². The third kappa shape index (κ3) is 3.60. The molecule has 0 aliphatic heterocycles. The molecule has 0 radical (unpaired) electrons. The van der Waals surface area contributed by atoms with E-state index in [9.17, 15) is 9.59 Å². The Kier molecular flexibility index (Phi) is 4.86. The summed E-state index contributed by atoms with van der Waals surface area (Å²) in [6, 6.07) is 14.9. The van der Waals surface area contributed by atoms with Crippen LogP contribution in [0.4, 0.5) is 0 Å². The van der Waals surface area contributed by atoms with E-state index < -0.39 is 5.91 Å². The first-order chi connectivity index (χ1) is 11.6. The van der Waals surface area contributed by atoms with Crippen LogP contribution in [0.2, 0.25) is 0 Å². The second-order valence-electron chi connectivity index (χ2n) is 5.33. The zero-order chi connectivity index (χ0) is 16.9. The summed E-state index contributed by atoms with van der Waals surface area (Å²) < 4.78 is 1.61. The first-order valence-electron chi connectivity index (χ1n) is 7.62. The Hall–Kier alpha value is -2.73. The van der Waals surface area contributed by atoms with Gasteiger partial charge in [0.1, 0.15) is 0 Å². The first-order valence-corrected chi connectivity index (χ1v) is 8.50. The second-order valence-corrected chi connectivity index (χ2v) is 6.36. The van der Waals surface area contributed by atoms with E-state index in [1.165, 1.54) is 10.9 Å². The van der Waals surface area contributed by atoms with Gasteiger partial charge in [-0.1, -0.05) is 24.3 Å². The van der Waals surface area contributed by atoms with Crippen LogP contribution in [0.25, 0.3) is 5.69 Å². The number of benzene rings is 1. The number of carbonyl (C=O) groups is 1. The topological polar surface area (TPSA) is 64.0 Å². The number of nitrogens with zero attached hydrogens (tertiary/aromatic N) is 2. The number of nitrogens with one attached hydrogen (secondary N) is 1. The van der Waals surface area contributed by atoms with Crippen molar-refractivity contribution in [2.24, 2.45) is 0 Å². The van der Waals surface area contributed by atoms with E-state index in [4.69, 9.17) is 0 Å². The number of rotatable bonds is 5. The van der Waals surface area contributed by atoms with Gasteiger partial charge in [0, 0.05) is 23.2 Å². The number of thiophene rings is 1. The van der Waals surface area contributed by atoms with Crippen LogP contribution in [0.1, 0.15) is 21.1 Å². The SMILES string of the molecule is Cc1cc(=O)c(C(=O)NCCc2cccs2)nn1-c1ccccc1. The van der Waals surface area contributed by atoms with Crippen LogP contribution in [0.15, 0.2) is 58.7 Å². The van der Waals surface area contributed by atoms with Crippen molar-refractivity contribution in [1.29, 1.82) is 0 Å². The molecule has 0 atom stereocenters. The third-order valence-electron chi connectivity index (χ3n) is 3.56. The number of aromatic nitrogens is 2. The fourth-order valence-electron chi connectivity index (χ4n) is 2.37. The molecule has 1 N–H and O–H groups in total. The normalized spacial score (nSPS) is 10.5. The molecule has 3 aromatic rings. The molecule has 0 bridgehead atoms. The molecule has 24 heavy (non-hydrogen) atoms. The molecular weight excluding hydrogens is 322 g/mol. The predicted molar refractivity (Wildman–Crippen MR) is 94.9 cm³/mol. The summed E-state index contributed by atoms with van der Waals surface area (Å²) >= 11 is 1.64. The molecular formula is C18H17N3O2S. The van der Waals surface area contributed by atoms with Crippen LogP contribution < -0.4 is 10.7 Å². The fourth-order valence-corrected chi connectivity index (χ4v) is 3.08. The minimum Gasteiger partial charge on any atom is -0.350 e. The molecule has 0 saturated carbocycles. The Balaban J connectivity index is 1.79. The van der Waals surface area contributed by atoms with Crippen molar-refractivity contribution in [3.8, 4) is 5.69 Å². The van der Waals surface area contributed by atoms with Gasteiger partial charge in [-0.25, -0.2) is 4.68 Å². The highest BCUT2D eigenvalue weighted by molar-refractivity contribution is 7.09. The fraction of sp³-hybridized carbons (Fsp3) is 0.167. The minimum atomic E-state index is -0.443. The number of amides is 1. The van der Waals surface area contributed by atoms with Gasteiger partial charge in [0.15, 0.2) is 5.69 Å². The number of para-hydroxylation sites is 1. The van der Waals surface area contributed by atoms with Crippen molar-refractivity contribution in [2.45, 2.75) is 13.3 Å². The van der Waals surface area contributed by atoms with Gasteiger partial charge in [-0.2, -0.15) is 5.10 Å². The lowest BCUT2D eigenvalue weighted by molar-refractivity contribution is 0.0946. The molecule has 122 valence electrons. The van der Waals surface area contributed by atoms with Crippen molar-refractivity contribution in [3.05, 3.63) is 80.4 Å². The van der Waals surface area contributed by atoms with E-state index in [1.54, 1.807) is 22.9 Å². The highest BCUT2D eigenvalue weighted by Crippen LogP contribution is 2.09. The molecule has 2 aromatic heterocycles. The van der Waals surface area contributed by atoms with Crippen LogP contribution in [0, 0.1) is 6.92 Å². The van der Waals surface area contributed by atoms with Gasteiger partial charge >= 0.3 is 0 Å². The molecule has 0 unspecified atom stereocenters. The first kappa shape index (κ1) is 16.1. The second kappa shape index (κ2) is 7.23. The zero-order valence-corrected chi connectivity index (χ0v) is 14.0. The highest BCUT2D eigenvalue weighted by Gasteiger charge is 2.14. The molecule has 0 fully saturated rings. The zero-order valence-electron chi connectivity index (χ0n) is 13.2. The third-order valence-corrected chi connectivity index (χ3v) is 4.50. The minimum absolute atomic E-state index is 0.0874. The largest absolute Gasteiger partial charge is 0.350 e. The number of hydrogen-bond donors (Lipinski definition) is 1. The summed E-state index contributed by atoms with van der Waals surface area (Å²) in [6.45, 7) is 2.26. The molecule has 0 aliphatic carbocycles. The van der Waals surface area contributed by atoms with Crippen molar-refractivity contribution in [1.82, 2.24) is 15.1 Å². The summed E-state index contributed by atoms with van der Waals surface area (Å²) in [7, 11) is 0. The predicted octanol–water partition coefficient (Wildman–Crippen LogP) is 2.57. The Morgan fingerprint density at radius 2 is 2.00 bits per heavy atom. The van der Waals surface area contributed by atoms with Crippen LogP contribution in [0.5, 0.6) is 0 Å². The van der Waals surface area contributed by atoms with E-state index >= 15 is 0 Å². The van der Waals surface area contributed by atoms with Crippen LogP contribution >= 0.6 is 11.3 Å². The van der Waals surface area contributed by atoms with Gasteiger partial charge in [0.05, 0.1) is 5.69 Å². The number of aryl methyl sites for hydroxylation is 1. The van der Waals surface area contributed by atoms with E-state index in [-0.39, 0.29) is 11.1 Å². The Bertz CT molecular complexity index is 886. The Morgan fingerprint density at radius 1 is 1.21 bits per heavy atom. The van der Waals surface area contributed by atoms with E-state index in [0.717, 1.165) is 12.1 Å². The lowest BCUT2D eigenvalue weighted by Crippen LogP contribution is -2.33. The molecule has 0 spiro atoms. The average Bonchev–Trinajstić information content (AvgIpc) is 3.09. The van der Waals surface area contributed by atoms with Crippen molar-refractivity contribution < 1.29 is 4.79 Å². The molecule has 0 saturated heterocycles. The monoisotopic (exact) mass is 339 g/mol. The molecule has 3 rings (SSSR count). The van der Waals surface area contributed by atoms with Crippen molar-refractivity contribution in [3.63, 3.8) is 0 Å². The smallest absolute Gasteiger partial charge is 0.275 e. The molecule has 1 aromatic carbocycles. The maximum absolute atomic E-state index is 12.3. The Morgan fingerprint density at radius 3 is 2.71 bits per heavy atom. The maximum Gasteiger partial charge on any atom is 0.275 e. The summed E-state index contributed by atoms with van der Waals surface area (Å²) in [6.07, 6.45) is 0.738. The average molecular weight is 339 g/mol. The quantitative estimate of drug-likeness (QED) is 0.777. The number of hydrogen-bond acceptors (Lipinski definition) is 4. The molecule has 2 heterocycles. The lowest BCUT2D eigenvalue weighted by atomic mass is 10.2. The van der Waals surface area contributed by atoms with E-state index in [1.807, 2.05) is 47.8 Å². The standard InChI is InChI=1S/C18H17N3O2S/c1-13-12-16(22)17(20-21(13)14-6-3-2-4-7-14)18(23)19-10-9-15-8-5-11-24-15/h2-8,11-12H,9-10H2,1H3,(H,19,23). The van der Waals surface area contributed by atoms with Gasteiger partial charge in [0.2, 0.25) is 5.43 Å². The Labute approximate surface area is 143 Å². The van der Waals surface area contributed by atoms with Gasteiger partial charge in [-0.05, 0) is 36.9 Å². The number of carbonyl (C=O) groups excluding carboxylic acids is 1. The molecule has 5 nitrogen and oxygen atoms in total. The van der Waals surface area contributed by atoms with Gasteiger partial charge in [-0.15, -0.1) is 11.3 Å².